The zero-order valence-electron chi connectivity index (χ0n) is 11.7. The van der Waals surface area contributed by atoms with E-state index in [1.807, 2.05) is 0 Å². The van der Waals surface area contributed by atoms with Gasteiger partial charge in [0, 0.05) is 32.2 Å². The molecule has 0 saturated carbocycles. The maximum absolute atomic E-state index is 5.97. The molecule has 2 unspecified atom stereocenters. The van der Waals surface area contributed by atoms with Gasteiger partial charge in [-0.3, -0.25) is 0 Å². The first-order valence-corrected chi connectivity index (χ1v) is 7.27. The second-order valence-corrected chi connectivity index (χ2v) is 5.83. The van der Waals surface area contributed by atoms with Crippen molar-refractivity contribution in [2.75, 3.05) is 19.8 Å². The van der Waals surface area contributed by atoms with E-state index >= 15 is 0 Å². The number of rotatable bonds is 3. The quantitative estimate of drug-likeness (QED) is 0.906. The van der Waals surface area contributed by atoms with Crippen molar-refractivity contribution in [3.05, 3.63) is 35.4 Å². The van der Waals surface area contributed by atoms with E-state index in [0.29, 0.717) is 6.04 Å². The van der Waals surface area contributed by atoms with Gasteiger partial charge < -0.3 is 14.8 Å². The molecule has 0 radical (unpaired) electrons. The van der Waals surface area contributed by atoms with Crippen molar-refractivity contribution in [2.45, 2.75) is 44.4 Å². The Morgan fingerprint density at radius 2 is 2.21 bits per heavy atom. The van der Waals surface area contributed by atoms with Crippen molar-refractivity contribution in [2.24, 2.45) is 0 Å². The smallest absolute Gasteiger partial charge is 0.0951 e. The molecule has 2 atom stereocenters. The Morgan fingerprint density at radius 1 is 1.32 bits per heavy atom. The molecule has 0 amide bonds. The molecule has 0 bridgehead atoms. The topological polar surface area (TPSA) is 30.5 Å². The molecule has 2 aliphatic rings. The summed E-state index contributed by atoms with van der Waals surface area (Å²) in [7, 11) is 0. The summed E-state index contributed by atoms with van der Waals surface area (Å²) in [6.07, 6.45) is 3.24. The molecule has 104 valence electrons. The molecule has 19 heavy (non-hydrogen) atoms. The number of aryl methyl sites for hydroxylation is 1. The third-order valence-electron chi connectivity index (χ3n) is 4.40. The summed E-state index contributed by atoms with van der Waals surface area (Å²) < 4.78 is 11.5. The third-order valence-corrected chi connectivity index (χ3v) is 4.40. The molecular formula is C16H23NO2. The molecule has 3 rings (SSSR count). The van der Waals surface area contributed by atoms with E-state index in [2.05, 4.69) is 36.5 Å². The van der Waals surface area contributed by atoms with Gasteiger partial charge in [-0.2, -0.15) is 0 Å². The minimum absolute atomic E-state index is 0.00164. The summed E-state index contributed by atoms with van der Waals surface area (Å²) in [5.74, 6) is 0. The van der Waals surface area contributed by atoms with Crippen LogP contribution in [0.25, 0.3) is 0 Å². The summed E-state index contributed by atoms with van der Waals surface area (Å²) in [5.41, 5.74) is 2.76. The van der Waals surface area contributed by atoms with E-state index in [4.69, 9.17) is 9.47 Å². The van der Waals surface area contributed by atoms with E-state index in [-0.39, 0.29) is 5.60 Å². The molecule has 1 N–H and O–H groups in total. The number of nitrogens with one attached hydrogen (secondary N) is 1. The molecule has 2 saturated heterocycles. The highest BCUT2D eigenvalue weighted by atomic mass is 16.6. The highest BCUT2D eigenvalue weighted by Crippen LogP contribution is 2.32. The van der Waals surface area contributed by atoms with E-state index < -0.39 is 0 Å². The van der Waals surface area contributed by atoms with Crippen LogP contribution < -0.4 is 5.32 Å². The number of ether oxygens (including phenoxy) is 2. The molecule has 3 heteroatoms. The molecule has 2 heterocycles. The van der Waals surface area contributed by atoms with Crippen molar-refractivity contribution in [3.8, 4) is 0 Å². The zero-order valence-corrected chi connectivity index (χ0v) is 11.7. The predicted molar refractivity (Wildman–Crippen MR) is 75.2 cm³/mol. The summed E-state index contributed by atoms with van der Waals surface area (Å²) in [5, 5.41) is 3.69. The monoisotopic (exact) mass is 261 g/mol. The zero-order chi connectivity index (χ0) is 13.1. The Balaban J connectivity index is 1.57. The fourth-order valence-electron chi connectivity index (χ4n) is 3.13. The van der Waals surface area contributed by atoms with Gasteiger partial charge in [0.05, 0.1) is 12.2 Å². The number of benzene rings is 1. The van der Waals surface area contributed by atoms with Gasteiger partial charge in [0.2, 0.25) is 0 Å². The Bertz CT molecular complexity index is 427. The van der Waals surface area contributed by atoms with E-state index in [0.717, 1.165) is 45.6 Å². The van der Waals surface area contributed by atoms with E-state index in [1.165, 1.54) is 11.1 Å². The standard InChI is InChI=1S/C16H23NO2/c1-13-4-2-3-5-14(13)11-17-15-6-8-19-16(10-15)7-9-18-12-16/h2-5,15,17H,6-12H2,1H3. The summed E-state index contributed by atoms with van der Waals surface area (Å²) in [4.78, 5) is 0. The van der Waals surface area contributed by atoms with Gasteiger partial charge in [0.25, 0.3) is 0 Å². The summed E-state index contributed by atoms with van der Waals surface area (Å²) in [6.45, 7) is 5.61. The van der Waals surface area contributed by atoms with Crippen LogP contribution >= 0.6 is 0 Å². The van der Waals surface area contributed by atoms with Crippen LogP contribution in [-0.2, 0) is 16.0 Å². The largest absolute Gasteiger partial charge is 0.378 e. The molecular weight excluding hydrogens is 238 g/mol. The second-order valence-electron chi connectivity index (χ2n) is 5.83. The van der Waals surface area contributed by atoms with Crippen molar-refractivity contribution in [3.63, 3.8) is 0 Å². The van der Waals surface area contributed by atoms with Crippen LogP contribution in [-0.4, -0.2) is 31.5 Å². The Hall–Kier alpha value is -0.900. The van der Waals surface area contributed by atoms with Gasteiger partial charge in [-0.05, 0) is 30.9 Å². The highest BCUT2D eigenvalue weighted by molar-refractivity contribution is 5.25. The minimum atomic E-state index is 0.00164. The molecule has 0 aromatic heterocycles. The van der Waals surface area contributed by atoms with Crippen molar-refractivity contribution >= 4 is 0 Å². The van der Waals surface area contributed by atoms with E-state index in [9.17, 15) is 0 Å². The SMILES string of the molecule is Cc1ccccc1CNC1CCOC2(CCOC2)C1. The molecule has 2 aliphatic heterocycles. The van der Waals surface area contributed by atoms with Gasteiger partial charge in [-0.15, -0.1) is 0 Å². The Morgan fingerprint density at radius 3 is 3.00 bits per heavy atom. The molecule has 1 aromatic rings. The average Bonchev–Trinajstić information content (AvgIpc) is 2.86. The first-order valence-electron chi connectivity index (χ1n) is 7.27. The van der Waals surface area contributed by atoms with Crippen LogP contribution in [0, 0.1) is 6.92 Å². The second kappa shape index (κ2) is 5.61. The lowest BCUT2D eigenvalue weighted by atomic mass is 9.89. The maximum atomic E-state index is 5.97. The first-order chi connectivity index (χ1) is 9.27. The van der Waals surface area contributed by atoms with Crippen molar-refractivity contribution in [1.29, 1.82) is 0 Å². The highest BCUT2D eigenvalue weighted by Gasteiger charge is 2.40. The van der Waals surface area contributed by atoms with Gasteiger partial charge in [0.15, 0.2) is 0 Å². The van der Waals surface area contributed by atoms with Crippen LogP contribution in [0.5, 0.6) is 0 Å². The lowest BCUT2D eigenvalue weighted by molar-refractivity contribution is -0.0894. The average molecular weight is 261 g/mol. The van der Waals surface area contributed by atoms with E-state index in [1.54, 1.807) is 0 Å². The fourth-order valence-corrected chi connectivity index (χ4v) is 3.13. The molecule has 1 aromatic carbocycles. The third kappa shape index (κ3) is 2.99. The molecule has 0 aliphatic carbocycles. The first kappa shape index (κ1) is 13.1. The maximum Gasteiger partial charge on any atom is 0.0951 e. The normalized spacial score (nSPS) is 30.9. The van der Waals surface area contributed by atoms with Crippen LogP contribution in [0.3, 0.4) is 0 Å². The fraction of sp³-hybridized carbons (Fsp3) is 0.625. The Kier molecular flexibility index (Phi) is 3.87. The number of hydrogen-bond acceptors (Lipinski definition) is 3. The van der Waals surface area contributed by atoms with Crippen LogP contribution in [0.4, 0.5) is 0 Å². The molecule has 1 spiro atoms. The van der Waals surface area contributed by atoms with Crippen LogP contribution in [0.15, 0.2) is 24.3 Å². The van der Waals surface area contributed by atoms with Gasteiger partial charge >= 0.3 is 0 Å². The summed E-state index contributed by atoms with van der Waals surface area (Å²) in [6, 6.07) is 9.14. The predicted octanol–water partition coefficient (Wildman–Crippen LogP) is 2.42. The molecule has 2 fully saturated rings. The van der Waals surface area contributed by atoms with Crippen molar-refractivity contribution in [1.82, 2.24) is 5.32 Å². The lowest BCUT2D eigenvalue weighted by Crippen LogP contribution is -2.47. The van der Waals surface area contributed by atoms with Crippen LogP contribution in [0.2, 0.25) is 0 Å². The molecule has 3 nitrogen and oxygen atoms in total. The lowest BCUT2D eigenvalue weighted by Gasteiger charge is -2.37. The summed E-state index contributed by atoms with van der Waals surface area (Å²) >= 11 is 0. The Labute approximate surface area is 115 Å². The minimum Gasteiger partial charge on any atom is -0.378 e. The van der Waals surface area contributed by atoms with Crippen LogP contribution in [0.1, 0.15) is 30.4 Å². The number of hydrogen-bond donors (Lipinski definition) is 1. The van der Waals surface area contributed by atoms with Gasteiger partial charge in [-0.25, -0.2) is 0 Å². The van der Waals surface area contributed by atoms with Crippen molar-refractivity contribution < 1.29 is 9.47 Å². The van der Waals surface area contributed by atoms with Gasteiger partial charge in [0.1, 0.15) is 0 Å². The van der Waals surface area contributed by atoms with Gasteiger partial charge in [-0.1, -0.05) is 24.3 Å².